The van der Waals surface area contributed by atoms with E-state index in [1.807, 2.05) is 12.1 Å². The van der Waals surface area contributed by atoms with Crippen molar-refractivity contribution in [3.63, 3.8) is 0 Å². The molecule has 1 amide bonds. The van der Waals surface area contributed by atoms with Crippen molar-refractivity contribution in [1.29, 1.82) is 0 Å². The first-order valence-electron chi connectivity index (χ1n) is 8.64. The van der Waals surface area contributed by atoms with Crippen LogP contribution in [-0.4, -0.2) is 50.6 Å². The van der Waals surface area contributed by atoms with E-state index < -0.39 is 0 Å². The van der Waals surface area contributed by atoms with E-state index in [1.54, 1.807) is 7.11 Å². The van der Waals surface area contributed by atoms with Crippen LogP contribution in [0.2, 0.25) is 0 Å². The number of benzene rings is 1. The van der Waals surface area contributed by atoms with Crippen molar-refractivity contribution in [3.05, 3.63) is 29.8 Å². The van der Waals surface area contributed by atoms with Crippen molar-refractivity contribution in [2.24, 2.45) is 5.92 Å². The Bertz CT molecular complexity index is 523. The maximum absolute atomic E-state index is 12.3. The highest BCUT2D eigenvalue weighted by molar-refractivity contribution is 5.79. The van der Waals surface area contributed by atoms with E-state index in [4.69, 9.17) is 4.74 Å². The van der Waals surface area contributed by atoms with Crippen LogP contribution in [0.3, 0.4) is 0 Å². The minimum Gasteiger partial charge on any atom is -0.497 e. The molecule has 2 aliphatic rings. The van der Waals surface area contributed by atoms with Gasteiger partial charge in [0.15, 0.2) is 0 Å². The van der Waals surface area contributed by atoms with Gasteiger partial charge >= 0.3 is 0 Å². The molecule has 0 aromatic heterocycles. The monoisotopic (exact) mass is 317 g/mol. The minimum absolute atomic E-state index is 0.125. The van der Waals surface area contributed by atoms with Gasteiger partial charge in [0.1, 0.15) is 5.75 Å². The Hall–Kier alpha value is -1.59. The second-order valence-electron chi connectivity index (χ2n) is 6.47. The summed E-state index contributed by atoms with van der Waals surface area (Å²) in [5.41, 5.74) is 1.22. The molecule has 1 aromatic rings. The lowest BCUT2D eigenvalue weighted by atomic mass is 10.0. The van der Waals surface area contributed by atoms with Gasteiger partial charge in [-0.1, -0.05) is 12.1 Å². The number of carbonyl (C=O) groups excluding carboxylic acids is 1. The van der Waals surface area contributed by atoms with Crippen LogP contribution < -0.4 is 15.4 Å². The predicted octanol–water partition coefficient (Wildman–Crippen LogP) is 1.56. The van der Waals surface area contributed by atoms with Crippen molar-refractivity contribution >= 4 is 5.91 Å². The molecule has 2 unspecified atom stereocenters. The third-order valence-electron chi connectivity index (χ3n) is 4.96. The Morgan fingerprint density at radius 1 is 1.43 bits per heavy atom. The lowest BCUT2D eigenvalue weighted by molar-refractivity contribution is -0.124. The molecule has 2 atom stereocenters. The number of methoxy groups -OCH3 is 1. The SMILES string of the molecule is COc1cccc(C(CNC(=O)C2CCNC2)N2CCCC2)c1. The van der Waals surface area contributed by atoms with E-state index in [9.17, 15) is 4.79 Å². The third kappa shape index (κ3) is 4.03. The fourth-order valence-electron chi connectivity index (χ4n) is 3.58. The molecular formula is C18H27N3O2. The first-order valence-corrected chi connectivity index (χ1v) is 8.64. The minimum atomic E-state index is 0.125. The first kappa shape index (κ1) is 16.3. The van der Waals surface area contributed by atoms with E-state index in [0.29, 0.717) is 6.54 Å². The van der Waals surface area contributed by atoms with Crippen LogP contribution in [0.25, 0.3) is 0 Å². The molecule has 0 aliphatic carbocycles. The number of hydrogen-bond donors (Lipinski definition) is 2. The van der Waals surface area contributed by atoms with Crippen LogP contribution in [0.5, 0.6) is 5.75 Å². The summed E-state index contributed by atoms with van der Waals surface area (Å²) in [4.78, 5) is 14.8. The predicted molar refractivity (Wildman–Crippen MR) is 90.5 cm³/mol. The molecule has 2 N–H and O–H groups in total. The lowest BCUT2D eigenvalue weighted by Gasteiger charge is -2.29. The van der Waals surface area contributed by atoms with Gasteiger partial charge < -0.3 is 15.4 Å². The molecule has 2 heterocycles. The Balaban J connectivity index is 1.68. The normalized spacial score (nSPS) is 22.9. The van der Waals surface area contributed by atoms with Crippen LogP contribution in [0.4, 0.5) is 0 Å². The number of rotatable bonds is 6. The van der Waals surface area contributed by atoms with Gasteiger partial charge in [-0.2, -0.15) is 0 Å². The summed E-state index contributed by atoms with van der Waals surface area (Å²) in [6.07, 6.45) is 3.42. The molecule has 126 valence electrons. The molecular weight excluding hydrogens is 290 g/mol. The summed E-state index contributed by atoms with van der Waals surface area (Å²) in [6.45, 7) is 4.62. The van der Waals surface area contributed by atoms with Crippen molar-refractivity contribution in [3.8, 4) is 5.75 Å². The number of hydrogen-bond acceptors (Lipinski definition) is 4. The van der Waals surface area contributed by atoms with Gasteiger partial charge in [0.25, 0.3) is 0 Å². The van der Waals surface area contributed by atoms with Gasteiger partial charge in [0.2, 0.25) is 5.91 Å². The fourth-order valence-corrected chi connectivity index (χ4v) is 3.58. The highest BCUT2D eigenvalue weighted by atomic mass is 16.5. The molecule has 0 saturated carbocycles. The summed E-state index contributed by atoms with van der Waals surface area (Å²) >= 11 is 0. The largest absolute Gasteiger partial charge is 0.497 e. The molecule has 3 rings (SSSR count). The second-order valence-corrected chi connectivity index (χ2v) is 6.47. The molecule has 0 bridgehead atoms. The van der Waals surface area contributed by atoms with Crippen molar-refractivity contribution in [1.82, 2.24) is 15.5 Å². The fraction of sp³-hybridized carbons (Fsp3) is 0.611. The van der Waals surface area contributed by atoms with Crippen LogP contribution in [-0.2, 0) is 4.79 Å². The quantitative estimate of drug-likeness (QED) is 0.836. The molecule has 2 saturated heterocycles. The Morgan fingerprint density at radius 3 is 2.96 bits per heavy atom. The number of nitrogens with one attached hydrogen (secondary N) is 2. The van der Waals surface area contributed by atoms with Gasteiger partial charge in [-0.15, -0.1) is 0 Å². The van der Waals surface area contributed by atoms with Crippen molar-refractivity contribution < 1.29 is 9.53 Å². The second kappa shape index (κ2) is 7.79. The van der Waals surface area contributed by atoms with Crippen LogP contribution in [0.15, 0.2) is 24.3 Å². The number of ether oxygens (including phenoxy) is 1. The summed E-state index contributed by atoms with van der Waals surface area (Å²) < 4.78 is 5.36. The molecule has 2 fully saturated rings. The lowest BCUT2D eigenvalue weighted by Crippen LogP contribution is -2.39. The van der Waals surface area contributed by atoms with E-state index in [-0.39, 0.29) is 17.9 Å². The Morgan fingerprint density at radius 2 is 2.26 bits per heavy atom. The van der Waals surface area contributed by atoms with Gasteiger partial charge in [-0.05, 0) is 56.6 Å². The number of nitrogens with zero attached hydrogens (tertiary/aromatic N) is 1. The molecule has 23 heavy (non-hydrogen) atoms. The summed E-state index contributed by atoms with van der Waals surface area (Å²) in [5.74, 6) is 1.18. The Labute approximate surface area is 138 Å². The molecule has 0 spiro atoms. The van der Waals surface area contributed by atoms with Gasteiger partial charge in [-0.3, -0.25) is 9.69 Å². The zero-order valence-corrected chi connectivity index (χ0v) is 13.9. The average molecular weight is 317 g/mol. The summed E-state index contributed by atoms with van der Waals surface area (Å²) in [5, 5.41) is 6.43. The van der Waals surface area contributed by atoms with Gasteiger partial charge in [0.05, 0.1) is 19.1 Å². The molecule has 1 aromatic carbocycles. The third-order valence-corrected chi connectivity index (χ3v) is 4.96. The topological polar surface area (TPSA) is 53.6 Å². The molecule has 5 nitrogen and oxygen atoms in total. The van der Waals surface area contributed by atoms with E-state index in [0.717, 1.165) is 38.3 Å². The smallest absolute Gasteiger partial charge is 0.224 e. The highest BCUT2D eigenvalue weighted by Crippen LogP contribution is 2.27. The zero-order chi connectivity index (χ0) is 16.1. The highest BCUT2D eigenvalue weighted by Gasteiger charge is 2.27. The zero-order valence-electron chi connectivity index (χ0n) is 13.9. The van der Waals surface area contributed by atoms with E-state index >= 15 is 0 Å². The van der Waals surface area contributed by atoms with E-state index in [1.165, 1.54) is 18.4 Å². The summed E-state index contributed by atoms with van der Waals surface area (Å²) in [7, 11) is 1.69. The number of amides is 1. The standard InChI is InChI=1S/C18H27N3O2/c1-23-16-6-4-5-14(11-16)17(21-9-2-3-10-21)13-20-18(22)15-7-8-19-12-15/h4-6,11,15,17,19H,2-3,7-10,12-13H2,1H3,(H,20,22). The van der Waals surface area contributed by atoms with Gasteiger partial charge in [0, 0.05) is 13.1 Å². The maximum Gasteiger partial charge on any atom is 0.224 e. The van der Waals surface area contributed by atoms with Crippen LogP contribution in [0.1, 0.15) is 30.9 Å². The number of carbonyl (C=O) groups is 1. The molecule has 2 aliphatic heterocycles. The van der Waals surface area contributed by atoms with Crippen molar-refractivity contribution in [2.75, 3.05) is 39.8 Å². The van der Waals surface area contributed by atoms with Crippen LogP contribution in [0, 0.1) is 5.92 Å². The van der Waals surface area contributed by atoms with Crippen LogP contribution >= 0.6 is 0 Å². The van der Waals surface area contributed by atoms with E-state index in [2.05, 4.69) is 27.7 Å². The summed E-state index contributed by atoms with van der Waals surface area (Å²) in [6, 6.07) is 8.44. The maximum atomic E-state index is 12.3. The Kier molecular flexibility index (Phi) is 5.51. The average Bonchev–Trinajstić information content (AvgIpc) is 3.29. The van der Waals surface area contributed by atoms with Crippen molar-refractivity contribution in [2.45, 2.75) is 25.3 Å². The molecule has 5 heteroatoms. The number of likely N-dealkylation sites (tertiary alicyclic amines) is 1. The first-order chi connectivity index (χ1) is 11.3. The molecule has 0 radical (unpaired) electrons. The van der Waals surface area contributed by atoms with Gasteiger partial charge in [-0.25, -0.2) is 0 Å².